The summed E-state index contributed by atoms with van der Waals surface area (Å²) >= 11 is 0. The minimum absolute atomic E-state index is 0.229. The minimum atomic E-state index is -8.10. The third-order valence-electron chi connectivity index (χ3n) is 7.78. The number of aliphatic hydroxyl groups is 2. The molecule has 0 rings (SSSR count). The van der Waals surface area contributed by atoms with Crippen molar-refractivity contribution >= 4 is 21.6 Å². The van der Waals surface area contributed by atoms with Crippen LogP contribution in [0.25, 0.3) is 0 Å². The first-order valence-electron chi connectivity index (χ1n) is 16.6. The van der Waals surface area contributed by atoms with E-state index in [1.165, 1.54) is 0 Å². The number of halogens is 26. The molecule has 0 aromatic carbocycles. The molecule has 0 saturated carbocycles. The van der Waals surface area contributed by atoms with E-state index in [1.807, 2.05) is 0 Å². The van der Waals surface area contributed by atoms with Gasteiger partial charge >= 0.3 is 71.6 Å². The average molecular weight is 1050 g/mol. The molecular formula is C28H32F26O8S2. The average Bonchev–Trinajstić information content (AvgIpc) is 3.12. The van der Waals surface area contributed by atoms with Crippen LogP contribution in [0.5, 0.6) is 0 Å². The van der Waals surface area contributed by atoms with Gasteiger partial charge in [0.25, 0.3) is 0 Å². The van der Waals surface area contributed by atoms with Gasteiger partial charge in [0.2, 0.25) is 0 Å². The molecular weight excluding hydrogens is 1020 g/mol. The molecule has 0 aliphatic heterocycles. The summed E-state index contributed by atoms with van der Waals surface area (Å²) in [6.45, 7) is -3.46. The zero-order valence-electron chi connectivity index (χ0n) is 31.0. The fraction of sp³-hybridized carbons (Fsp3) is 1.00. The second-order valence-corrected chi connectivity index (χ2v) is 16.0. The van der Waals surface area contributed by atoms with Crippen molar-refractivity contribution in [3.8, 4) is 0 Å². The van der Waals surface area contributed by atoms with E-state index in [-0.39, 0.29) is 26.4 Å². The van der Waals surface area contributed by atoms with Crippen LogP contribution in [0.3, 0.4) is 0 Å². The smallest absolute Gasteiger partial charge is 0.390 e. The highest BCUT2D eigenvalue weighted by molar-refractivity contribution is 7.85. The standard InChI is InChI=1S/C28H32F26O8S2/c29-17(30,19(33,34)21(37,38)23(41,42)25(45,46)27(49,50)51)1-9-63(57)13-15(55)11-61-7-5-59-3-4-60-6-8-62-12-16(56)14-64(58)10-2-18(31,32)20(35,36)22(39,40)24(43,44)26(47,48)28(52,53)54/h15-16,55-56H,1-14H2. The second-order valence-electron chi connectivity index (χ2n) is 12.8. The zero-order chi connectivity index (χ0) is 51.0. The Morgan fingerprint density at radius 1 is 0.344 bits per heavy atom. The Bertz CT molecular complexity index is 1390. The van der Waals surface area contributed by atoms with Crippen LogP contribution in [-0.4, -0.2) is 178 Å². The molecule has 0 bridgehead atoms. The molecule has 4 unspecified atom stereocenters. The first kappa shape index (κ1) is 62.2. The van der Waals surface area contributed by atoms with Gasteiger partial charge in [-0.3, -0.25) is 8.42 Å². The molecule has 36 heteroatoms. The minimum Gasteiger partial charge on any atom is -0.390 e. The van der Waals surface area contributed by atoms with Gasteiger partial charge in [-0.15, -0.1) is 0 Å². The van der Waals surface area contributed by atoms with Crippen LogP contribution in [0.2, 0.25) is 0 Å². The SMILES string of the molecule is O=S(CCC(F)(F)C(F)(F)C(F)(F)C(F)(F)C(F)(F)C(F)(F)F)CC(O)COCCOCCOCCOCC(O)CS(=O)CCC(F)(F)C(F)(F)C(F)(F)C(F)(F)C(F)(F)C(F)(F)F. The zero-order valence-corrected chi connectivity index (χ0v) is 32.7. The van der Waals surface area contributed by atoms with Crippen LogP contribution < -0.4 is 0 Å². The highest BCUT2D eigenvalue weighted by Gasteiger charge is 2.92. The predicted octanol–water partition coefficient (Wildman–Crippen LogP) is 7.53. The summed E-state index contributed by atoms with van der Waals surface area (Å²) in [5.74, 6) is -81.9. The lowest BCUT2D eigenvalue weighted by Crippen LogP contribution is -2.70. The summed E-state index contributed by atoms with van der Waals surface area (Å²) in [6, 6.07) is 0. The fourth-order valence-corrected chi connectivity index (χ4v) is 6.44. The van der Waals surface area contributed by atoms with Crippen LogP contribution in [0.4, 0.5) is 114 Å². The number of hydrogen-bond donors (Lipinski definition) is 2. The first-order valence-corrected chi connectivity index (χ1v) is 19.5. The van der Waals surface area contributed by atoms with Gasteiger partial charge in [0, 0.05) is 45.9 Å². The van der Waals surface area contributed by atoms with E-state index < -0.39 is 168 Å². The second kappa shape index (κ2) is 22.1. The first-order chi connectivity index (χ1) is 28.3. The van der Waals surface area contributed by atoms with Crippen molar-refractivity contribution in [1.29, 1.82) is 0 Å². The molecule has 386 valence electrons. The highest BCUT2D eigenvalue weighted by Crippen LogP contribution is 2.62. The van der Waals surface area contributed by atoms with Crippen LogP contribution in [-0.2, 0) is 40.5 Å². The molecule has 0 aromatic heterocycles. The molecule has 0 fully saturated rings. The number of ether oxygens (including phenoxy) is 4. The third-order valence-corrected chi connectivity index (χ3v) is 10.6. The van der Waals surface area contributed by atoms with Gasteiger partial charge in [0.05, 0.1) is 76.6 Å². The summed E-state index contributed by atoms with van der Waals surface area (Å²) in [6.07, 6.45) is -24.4. The van der Waals surface area contributed by atoms with Crippen molar-refractivity contribution in [3.63, 3.8) is 0 Å². The van der Waals surface area contributed by atoms with Gasteiger partial charge in [-0.25, -0.2) is 0 Å². The Hall–Kier alpha value is -1.76. The van der Waals surface area contributed by atoms with Crippen LogP contribution in [0.1, 0.15) is 12.8 Å². The Labute approximate surface area is 346 Å². The van der Waals surface area contributed by atoms with E-state index >= 15 is 0 Å². The maximum atomic E-state index is 13.8. The lowest BCUT2D eigenvalue weighted by molar-refractivity contribution is -0.439. The molecule has 0 aromatic rings. The van der Waals surface area contributed by atoms with Gasteiger partial charge in [-0.1, -0.05) is 0 Å². The summed E-state index contributed by atoms with van der Waals surface area (Å²) in [5, 5.41) is 19.4. The molecule has 0 saturated heterocycles. The predicted molar refractivity (Wildman–Crippen MR) is 162 cm³/mol. The van der Waals surface area contributed by atoms with Gasteiger partial charge in [0.1, 0.15) is 0 Å². The van der Waals surface area contributed by atoms with Crippen molar-refractivity contribution in [3.05, 3.63) is 0 Å². The van der Waals surface area contributed by atoms with Crippen LogP contribution in [0.15, 0.2) is 0 Å². The van der Waals surface area contributed by atoms with Gasteiger partial charge in [-0.2, -0.15) is 114 Å². The Balaban J connectivity index is 4.52. The van der Waals surface area contributed by atoms with Crippen molar-refractivity contribution in [2.24, 2.45) is 0 Å². The molecule has 0 heterocycles. The maximum Gasteiger partial charge on any atom is 0.460 e. The van der Waals surface area contributed by atoms with E-state index in [9.17, 15) is 133 Å². The van der Waals surface area contributed by atoms with Crippen LogP contribution in [0, 0.1) is 0 Å². The lowest BCUT2D eigenvalue weighted by atomic mass is 9.93. The molecule has 0 amide bonds. The van der Waals surface area contributed by atoms with E-state index in [0.717, 1.165) is 0 Å². The Morgan fingerprint density at radius 2 is 0.562 bits per heavy atom. The van der Waals surface area contributed by atoms with Gasteiger partial charge in [0.15, 0.2) is 0 Å². The Kier molecular flexibility index (Phi) is 21.5. The normalized spacial score (nSPS) is 17.1. The van der Waals surface area contributed by atoms with E-state index in [4.69, 9.17) is 18.9 Å². The van der Waals surface area contributed by atoms with Crippen molar-refractivity contribution in [2.75, 3.05) is 75.9 Å². The fourth-order valence-electron chi connectivity index (χ4n) is 4.09. The molecule has 64 heavy (non-hydrogen) atoms. The highest BCUT2D eigenvalue weighted by atomic mass is 32.2. The number of hydrogen-bond acceptors (Lipinski definition) is 8. The monoisotopic (exact) mass is 1050 g/mol. The van der Waals surface area contributed by atoms with E-state index in [1.54, 1.807) is 0 Å². The summed E-state index contributed by atoms with van der Waals surface area (Å²) < 4.78 is 385. The van der Waals surface area contributed by atoms with E-state index in [2.05, 4.69) is 0 Å². The Morgan fingerprint density at radius 3 is 0.797 bits per heavy atom. The third kappa shape index (κ3) is 13.9. The summed E-state index contributed by atoms with van der Waals surface area (Å²) in [5.41, 5.74) is 0. The maximum absolute atomic E-state index is 13.8. The van der Waals surface area contributed by atoms with Crippen molar-refractivity contribution in [2.45, 2.75) is 96.6 Å². The molecule has 0 aliphatic rings. The van der Waals surface area contributed by atoms with Gasteiger partial charge in [-0.05, 0) is 0 Å². The largest absolute Gasteiger partial charge is 0.460 e. The lowest BCUT2D eigenvalue weighted by Gasteiger charge is -2.39. The number of alkyl halides is 26. The van der Waals surface area contributed by atoms with Crippen molar-refractivity contribution < 1.29 is 152 Å². The quantitative estimate of drug-likeness (QED) is 0.0542. The topological polar surface area (TPSA) is 112 Å². The summed E-state index contributed by atoms with van der Waals surface area (Å²) in [7, 11) is -5.73. The molecule has 4 atom stereocenters. The molecule has 8 nitrogen and oxygen atoms in total. The summed E-state index contributed by atoms with van der Waals surface area (Å²) in [4.78, 5) is 0. The number of aliphatic hydroxyl groups excluding tert-OH is 2. The van der Waals surface area contributed by atoms with E-state index in [0.29, 0.717) is 0 Å². The molecule has 2 N–H and O–H groups in total. The molecule has 0 radical (unpaired) electrons. The van der Waals surface area contributed by atoms with Gasteiger partial charge < -0.3 is 29.2 Å². The number of rotatable bonds is 31. The van der Waals surface area contributed by atoms with Crippen molar-refractivity contribution in [1.82, 2.24) is 0 Å². The van der Waals surface area contributed by atoms with Crippen LogP contribution >= 0.6 is 0 Å². The molecule has 0 aliphatic carbocycles. The molecule has 0 spiro atoms.